The van der Waals surface area contributed by atoms with Crippen LogP contribution in [0.3, 0.4) is 0 Å². The number of methoxy groups -OCH3 is 1. The zero-order valence-electron chi connectivity index (χ0n) is 11.5. The van der Waals surface area contributed by atoms with E-state index in [0.717, 1.165) is 17.5 Å². The number of ether oxygens (including phenoxy) is 1. The van der Waals surface area contributed by atoms with Gasteiger partial charge >= 0.3 is 6.55 Å². The van der Waals surface area contributed by atoms with Crippen molar-refractivity contribution in [1.29, 1.82) is 0 Å². The maximum atomic E-state index is 12.9. The van der Waals surface area contributed by atoms with Crippen LogP contribution in [-0.4, -0.2) is 42.8 Å². The molecule has 1 aromatic rings. The molecule has 20 heavy (non-hydrogen) atoms. The van der Waals surface area contributed by atoms with Crippen LogP contribution in [0.15, 0.2) is 12.1 Å². The van der Waals surface area contributed by atoms with Gasteiger partial charge in [-0.25, -0.2) is 0 Å². The first-order valence-corrected chi connectivity index (χ1v) is 6.55. The van der Waals surface area contributed by atoms with Gasteiger partial charge in [-0.05, 0) is 32.0 Å². The van der Waals surface area contributed by atoms with Gasteiger partial charge in [-0.1, -0.05) is 0 Å². The molecule has 2 heterocycles. The van der Waals surface area contributed by atoms with E-state index in [4.69, 9.17) is 4.74 Å². The van der Waals surface area contributed by atoms with Gasteiger partial charge in [0.25, 0.3) is 5.91 Å². The number of amides is 1. The second-order valence-electron chi connectivity index (χ2n) is 4.85. The average molecular weight is 287 g/mol. The largest absolute Gasteiger partial charge is 0.379 e. The lowest BCUT2D eigenvalue weighted by Crippen LogP contribution is -2.54. The van der Waals surface area contributed by atoms with E-state index in [1.165, 1.54) is 12.1 Å². The van der Waals surface area contributed by atoms with E-state index in [2.05, 4.69) is 10.6 Å². The molecule has 5 nitrogen and oxygen atoms in total. The molecule has 0 radical (unpaired) electrons. The van der Waals surface area contributed by atoms with Crippen molar-refractivity contribution in [3.63, 3.8) is 0 Å². The first-order valence-electron chi connectivity index (χ1n) is 6.55. The Morgan fingerprint density at radius 2 is 2.30 bits per heavy atom. The van der Waals surface area contributed by atoms with Crippen molar-refractivity contribution < 1.29 is 18.3 Å². The van der Waals surface area contributed by atoms with Gasteiger partial charge < -0.3 is 15.4 Å². The minimum Gasteiger partial charge on any atom is -0.379 e. The third-order valence-electron chi connectivity index (χ3n) is 3.59. The predicted octanol–water partition coefficient (Wildman–Crippen LogP) is 1.30. The fourth-order valence-electron chi connectivity index (χ4n) is 2.50. The zero-order chi connectivity index (χ0) is 14.7. The van der Waals surface area contributed by atoms with Crippen molar-refractivity contribution in [3.8, 4) is 0 Å². The summed E-state index contributed by atoms with van der Waals surface area (Å²) in [7, 11) is 1.58. The highest BCUT2D eigenvalue weighted by Gasteiger charge is 2.28. The molecule has 0 saturated carbocycles. The molecule has 0 aliphatic carbocycles. The fourth-order valence-corrected chi connectivity index (χ4v) is 2.50. The number of hydrogen-bond acceptors (Lipinski definition) is 3. The summed E-state index contributed by atoms with van der Waals surface area (Å²) in [4.78, 5) is 12.2. The van der Waals surface area contributed by atoms with Gasteiger partial charge in [-0.15, -0.1) is 0 Å². The molecular weight excluding hydrogens is 268 g/mol. The minimum absolute atomic E-state index is 0.0297. The number of nitrogens with one attached hydrogen (secondary N) is 2. The summed E-state index contributed by atoms with van der Waals surface area (Å²) in [6, 6.07) is 2.70. The van der Waals surface area contributed by atoms with Gasteiger partial charge in [0.2, 0.25) is 0 Å². The van der Waals surface area contributed by atoms with Crippen molar-refractivity contribution in [3.05, 3.63) is 23.5 Å². The second kappa shape index (κ2) is 6.32. The third kappa shape index (κ3) is 2.99. The summed E-state index contributed by atoms with van der Waals surface area (Å²) >= 11 is 0. The number of alkyl halides is 2. The maximum absolute atomic E-state index is 12.9. The van der Waals surface area contributed by atoms with Crippen LogP contribution in [0.5, 0.6) is 0 Å². The normalized spacial score (nSPS) is 23.1. The van der Waals surface area contributed by atoms with Crippen LogP contribution in [0.1, 0.15) is 29.2 Å². The van der Waals surface area contributed by atoms with Gasteiger partial charge in [0.1, 0.15) is 5.69 Å². The van der Waals surface area contributed by atoms with Crippen molar-refractivity contribution in [2.75, 3.05) is 20.2 Å². The van der Waals surface area contributed by atoms with Crippen LogP contribution < -0.4 is 10.6 Å². The molecule has 1 aromatic heterocycles. The Hall–Kier alpha value is -1.47. The Balaban J connectivity index is 2.12. The van der Waals surface area contributed by atoms with E-state index in [1.54, 1.807) is 14.0 Å². The Bertz CT molecular complexity index is 476. The average Bonchev–Trinajstić information content (AvgIpc) is 2.81. The summed E-state index contributed by atoms with van der Waals surface area (Å²) in [5, 5.41) is 5.91. The molecule has 0 aromatic carbocycles. The number of piperidine rings is 1. The van der Waals surface area contributed by atoms with Crippen molar-refractivity contribution in [2.24, 2.45) is 0 Å². The van der Waals surface area contributed by atoms with E-state index >= 15 is 0 Å². The molecule has 112 valence electrons. The molecule has 1 amide bonds. The second-order valence-corrected chi connectivity index (χ2v) is 4.85. The van der Waals surface area contributed by atoms with E-state index in [-0.39, 0.29) is 17.8 Å². The number of nitrogens with zero attached hydrogens (tertiary/aromatic N) is 1. The number of halogens is 2. The molecule has 0 bridgehead atoms. The predicted molar refractivity (Wildman–Crippen MR) is 70.0 cm³/mol. The molecule has 0 spiro atoms. The maximum Gasteiger partial charge on any atom is 0.319 e. The number of aryl methyl sites for hydroxylation is 1. The Labute approximate surface area is 116 Å². The molecule has 1 aliphatic heterocycles. The van der Waals surface area contributed by atoms with Crippen molar-refractivity contribution in [2.45, 2.75) is 32.0 Å². The molecule has 2 N–H and O–H groups in total. The molecule has 1 aliphatic rings. The van der Waals surface area contributed by atoms with E-state index in [1.807, 2.05) is 0 Å². The SMILES string of the molecule is CO[C@@H]1CCNC[C@@H]1NC(=O)c1ccc(C)n1C(F)F. The van der Waals surface area contributed by atoms with E-state index in [9.17, 15) is 13.6 Å². The first-order chi connectivity index (χ1) is 9.54. The Morgan fingerprint density at radius 3 is 2.95 bits per heavy atom. The van der Waals surface area contributed by atoms with Crippen LogP contribution >= 0.6 is 0 Å². The van der Waals surface area contributed by atoms with Crippen molar-refractivity contribution in [1.82, 2.24) is 15.2 Å². The number of aromatic nitrogens is 1. The highest BCUT2D eigenvalue weighted by molar-refractivity contribution is 5.93. The summed E-state index contributed by atoms with van der Waals surface area (Å²) < 4.78 is 31.9. The summed E-state index contributed by atoms with van der Waals surface area (Å²) in [6.45, 7) is 0.201. The van der Waals surface area contributed by atoms with Crippen LogP contribution in [0.25, 0.3) is 0 Å². The number of carbonyl (C=O) groups is 1. The molecule has 2 rings (SSSR count). The van der Waals surface area contributed by atoms with Crippen LogP contribution in [0.4, 0.5) is 8.78 Å². The molecule has 2 atom stereocenters. The molecule has 1 saturated heterocycles. The summed E-state index contributed by atoms with van der Waals surface area (Å²) in [5.74, 6) is -0.505. The third-order valence-corrected chi connectivity index (χ3v) is 3.59. The van der Waals surface area contributed by atoms with Gasteiger partial charge in [0.05, 0.1) is 12.1 Å². The highest BCUT2D eigenvalue weighted by Crippen LogP contribution is 2.19. The first kappa shape index (κ1) is 14.9. The number of rotatable bonds is 4. The number of carbonyl (C=O) groups excluding carboxylic acids is 1. The van der Waals surface area contributed by atoms with Gasteiger partial charge in [-0.3, -0.25) is 9.36 Å². The fraction of sp³-hybridized carbons (Fsp3) is 0.615. The zero-order valence-corrected chi connectivity index (χ0v) is 11.5. The standard InChI is InChI=1S/C13H19F2N3O2/c1-8-3-4-10(18(8)13(14)15)12(19)17-9-7-16-6-5-11(9)20-2/h3-4,9,11,13,16H,5-7H2,1-2H3,(H,17,19)/t9-,11+/m0/s1. The quantitative estimate of drug-likeness (QED) is 0.877. The molecule has 0 unspecified atom stereocenters. The van der Waals surface area contributed by atoms with Crippen LogP contribution in [0, 0.1) is 6.92 Å². The van der Waals surface area contributed by atoms with E-state index < -0.39 is 12.5 Å². The summed E-state index contributed by atoms with van der Waals surface area (Å²) in [6.07, 6.45) is 0.673. The van der Waals surface area contributed by atoms with Crippen LogP contribution in [0.2, 0.25) is 0 Å². The van der Waals surface area contributed by atoms with Gasteiger partial charge in [0, 0.05) is 19.3 Å². The Morgan fingerprint density at radius 1 is 1.55 bits per heavy atom. The number of hydrogen-bond donors (Lipinski definition) is 2. The van der Waals surface area contributed by atoms with E-state index in [0.29, 0.717) is 12.2 Å². The lowest BCUT2D eigenvalue weighted by atomic mass is 10.0. The lowest BCUT2D eigenvalue weighted by molar-refractivity contribution is 0.0420. The molecular formula is C13H19F2N3O2. The topological polar surface area (TPSA) is 55.3 Å². The smallest absolute Gasteiger partial charge is 0.319 e. The minimum atomic E-state index is -2.73. The van der Waals surface area contributed by atoms with Crippen molar-refractivity contribution >= 4 is 5.91 Å². The highest BCUT2D eigenvalue weighted by atomic mass is 19.3. The summed E-state index contributed by atoms with van der Waals surface area (Å²) in [5.41, 5.74) is 0.327. The molecule has 7 heteroatoms. The molecule has 1 fully saturated rings. The van der Waals surface area contributed by atoms with Gasteiger partial charge in [-0.2, -0.15) is 8.78 Å². The van der Waals surface area contributed by atoms with Crippen LogP contribution in [-0.2, 0) is 4.74 Å². The lowest BCUT2D eigenvalue weighted by Gasteiger charge is -2.31. The Kier molecular flexibility index (Phi) is 4.72. The van der Waals surface area contributed by atoms with Gasteiger partial charge in [0.15, 0.2) is 0 Å². The monoisotopic (exact) mass is 287 g/mol.